The van der Waals surface area contributed by atoms with Crippen molar-refractivity contribution in [3.05, 3.63) is 12.7 Å². The van der Waals surface area contributed by atoms with E-state index in [1.165, 1.54) is 22.8 Å². The molecule has 0 spiro atoms. The molecule has 1 rings (SSSR count). The number of nitrogens with zero attached hydrogens (tertiary/aromatic N) is 2. The second-order valence-corrected chi connectivity index (χ2v) is 6.17. The Kier molecular flexibility index (Phi) is 8.77. The van der Waals surface area contributed by atoms with Gasteiger partial charge in [0.25, 0.3) is 5.91 Å². The second-order valence-electron chi connectivity index (χ2n) is 6.17. The molecule has 1 atom stereocenters. The Labute approximate surface area is 153 Å². The summed E-state index contributed by atoms with van der Waals surface area (Å²) in [6, 6.07) is -0.123. The van der Waals surface area contributed by atoms with E-state index in [9.17, 15) is 19.2 Å². The molecule has 3 amide bonds. The summed E-state index contributed by atoms with van der Waals surface area (Å²) < 4.78 is 10.1. The quantitative estimate of drug-likeness (QED) is 0.362. The number of nitrogens with one attached hydrogen (secondary N) is 1. The van der Waals surface area contributed by atoms with E-state index < -0.39 is 23.9 Å². The molecule has 0 radical (unpaired) electrons. The van der Waals surface area contributed by atoms with Crippen LogP contribution in [0.2, 0.25) is 0 Å². The minimum absolute atomic E-state index is 0.123. The van der Waals surface area contributed by atoms with Gasteiger partial charge in [0.2, 0.25) is 0 Å². The SMILES string of the molecule is C=CCOC(C)C(=O)OCC(=O)N1CCN(C(=O)C(=O)NC(C)C)CC1. The molecule has 26 heavy (non-hydrogen) atoms. The topological polar surface area (TPSA) is 105 Å². The molecule has 146 valence electrons. The molecule has 1 fully saturated rings. The third-order valence-electron chi connectivity index (χ3n) is 3.67. The van der Waals surface area contributed by atoms with Gasteiger partial charge in [0.15, 0.2) is 12.7 Å². The van der Waals surface area contributed by atoms with Crippen molar-refractivity contribution >= 4 is 23.7 Å². The number of carbonyl (C=O) groups excluding carboxylic acids is 4. The van der Waals surface area contributed by atoms with E-state index >= 15 is 0 Å². The van der Waals surface area contributed by atoms with Gasteiger partial charge in [-0.2, -0.15) is 0 Å². The number of amides is 3. The van der Waals surface area contributed by atoms with Gasteiger partial charge in [-0.25, -0.2) is 4.79 Å². The minimum atomic E-state index is -0.783. The molecule has 1 unspecified atom stereocenters. The highest BCUT2D eigenvalue weighted by molar-refractivity contribution is 6.35. The van der Waals surface area contributed by atoms with Crippen LogP contribution in [0.5, 0.6) is 0 Å². The lowest BCUT2D eigenvalue weighted by Crippen LogP contribution is -2.55. The molecule has 0 aromatic carbocycles. The fourth-order valence-electron chi connectivity index (χ4n) is 2.25. The maximum Gasteiger partial charge on any atom is 0.335 e. The lowest BCUT2D eigenvalue weighted by molar-refractivity contribution is -0.161. The first-order valence-corrected chi connectivity index (χ1v) is 8.53. The highest BCUT2D eigenvalue weighted by Crippen LogP contribution is 2.04. The van der Waals surface area contributed by atoms with Crippen LogP contribution in [0.15, 0.2) is 12.7 Å². The summed E-state index contributed by atoms with van der Waals surface area (Å²) in [4.78, 5) is 50.4. The van der Waals surface area contributed by atoms with Gasteiger partial charge in [0, 0.05) is 32.2 Å². The summed E-state index contributed by atoms with van der Waals surface area (Å²) in [5.74, 6) is -2.24. The first-order chi connectivity index (χ1) is 12.3. The van der Waals surface area contributed by atoms with Crippen molar-refractivity contribution in [3.63, 3.8) is 0 Å². The summed E-state index contributed by atoms with van der Waals surface area (Å²) >= 11 is 0. The summed E-state index contributed by atoms with van der Waals surface area (Å²) in [6.07, 6.45) is 0.728. The standard InChI is InChI=1S/C17H27N3O6/c1-5-10-25-13(4)17(24)26-11-14(21)19-6-8-20(9-7-19)16(23)15(22)18-12(2)3/h5,12-13H,1,6-11H2,2-4H3,(H,18,22). The Morgan fingerprint density at radius 2 is 1.65 bits per heavy atom. The first kappa shape index (κ1) is 21.6. The van der Waals surface area contributed by atoms with Crippen LogP contribution in [0, 0.1) is 0 Å². The molecule has 1 heterocycles. The molecule has 0 bridgehead atoms. The third kappa shape index (κ3) is 6.83. The molecule has 1 N–H and O–H groups in total. The molecular formula is C17H27N3O6. The summed E-state index contributed by atoms with van der Waals surface area (Å²) in [5.41, 5.74) is 0. The van der Waals surface area contributed by atoms with Crippen LogP contribution in [0.3, 0.4) is 0 Å². The van der Waals surface area contributed by atoms with Gasteiger partial charge < -0.3 is 24.6 Å². The molecule has 1 aliphatic heterocycles. The van der Waals surface area contributed by atoms with Crippen LogP contribution in [0.25, 0.3) is 0 Å². The van der Waals surface area contributed by atoms with Crippen molar-refractivity contribution in [2.24, 2.45) is 0 Å². The van der Waals surface area contributed by atoms with Gasteiger partial charge in [0.05, 0.1) is 6.61 Å². The number of ether oxygens (including phenoxy) is 2. The fourth-order valence-corrected chi connectivity index (χ4v) is 2.25. The lowest BCUT2D eigenvalue weighted by Gasteiger charge is -2.34. The third-order valence-corrected chi connectivity index (χ3v) is 3.67. The predicted molar refractivity (Wildman–Crippen MR) is 93.0 cm³/mol. The molecule has 0 aromatic heterocycles. The highest BCUT2D eigenvalue weighted by Gasteiger charge is 2.28. The highest BCUT2D eigenvalue weighted by atomic mass is 16.6. The van der Waals surface area contributed by atoms with E-state index in [0.717, 1.165) is 0 Å². The number of hydrogen-bond donors (Lipinski definition) is 1. The van der Waals surface area contributed by atoms with Crippen molar-refractivity contribution in [2.45, 2.75) is 32.9 Å². The van der Waals surface area contributed by atoms with Crippen molar-refractivity contribution in [2.75, 3.05) is 39.4 Å². The van der Waals surface area contributed by atoms with E-state index in [-0.39, 0.29) is 51.3 Å². The summed E-state index contributed by atoms with van der Waals surface area (Å²) in [7, 11) is 0. The molecule has 1 aliphatic rings. The fraction of sp³-hybridized carbons (Fsp3) is 0.647. The Balaban J connectivity index is 2.37. The molecule has 9 heteroatoms. The lowest BCUT2D eigenvalue weighted by atomic mass is 10.3. The van der Waals surface area contributed by atoms with E-state index in [0.29, 0.717) is 0 Å². The van der Waals surface area contributed by atoms with Crippen LogP contribution in [0.4, 0.5) is 0 Å². The van der Waals surface area contributed by atoms with Crippen LogP contribution < -0.4 is 5.32 Å². The largest absolute Gasteiger partial charge is 0.454 e. The smallest absolute Gasteiger partial charge is 0.335 e. The van der Waals surface area contributed by atoms with Crippen molar-refractivity contribution in [3.8, 4) is 0 Å². The molecule has 1 saturated heterocycles. The van der Waals surface area contributed by atoms with E-state index in [1.54, 1.807) is 13.8 Å². The number of carbonyl (C=O) groups is 4. The Morgan fingerprint density at radius 3 is 2.19 bits per heavy atom. The summed E-state index contributed by atoms with van der Waals surface area (Å²) in [5, 5.41) is 2.55. The van der Waals surface area contributed by atoms with Gasteiger partial charge in [-0.05, 0) is 20.8 Å². The zero-order valence-corrected chi connectivity index (χ0v) is 15.5. The van der Waals surface area contributed by atoms with Crippen LogP contribution in [-0.4, -0.2) is 85.0 Å². The van der Waals surface area contributed by atoms with E-state index in [4.69, 9.17) is 9.47 Å². The van der Waals surface area contributed by atoms with Crippen molar-refractivity contribution < 1.29 is 28.7 Å². The van der Waals surface area contributed by atoms with Gasteiger partial charge in [0.1, 0.15) is 0 Å². The Hall–Kier alpha value is -2.42. The van der Waals surface area contributed by atoms with Crippen LogP contribution in [0.1, 0.15) is 20.8 Å². The van der Waals surface area contributed by atoms with Gasteiger partial charge in [-0.3, -0.25) is 14.4 Å². The Bertz CT molecular complexity index is 541. The number of esters is 1. The average Bonchev–Trinajstić information content (AvgIpc) is 2.62. The zero-order valence-electron chi connectivity index (χ0n) is 15.5. The van der Waals surface area contributed by atoms with Crippen LogP contribution >= 0.6 is 0 Å². The molecule has 9 nitrogen and oxygen atoms in total. The molecule has 0 saturated carbocycles. The van der Waals surface area contributed by atoms with E-state index in [1.807, 2.05) is 0 Å². The molecular weight excluding hydrogens is 342 g/mol. The predicted octanol–water partition coefficient (Wildman–Crippen LogP) is -0.684. The maximum absolute atomic E-state index is 12.1. The molecule has 0 aliphatic carbocycles. The minimum Gasteiger partial charge on any atom is -0.454 e. The van der Waals surface area contributed by atoms with Gasteiger partial charge in [-0.15, -0.1) is 6.58 Å². The first-order valence-electron chi connectivity index (χ1n) is 8.53. The van der Waals surface area contributed by atoms with Crippen molar-refractivity contribution in [1.29, 1.82) is 0 Å². The maximum atomic E-state index is 12.1. The average molecular weight is 369 g/mol. The second kappa shape index (κ2) is 10.5. The van der Waals surface area contributed by atoms with Gasteiger partial charge in [-0.1, -0.05) is 6.08 Å². The molecule has 0 aromatic rings. The number of hydrogen-bond acceptors (Lipinski definition) is 6. The normalized spacial score (nSPS) is 15.4. The number of rotatable bonds is 7. The van der Waals surface area contributed by atoms with Crippen LogP contribution in [-0.2, 0) is 28.7 Å². The van der Waals surface area contributed by atoms with Gasteiger partial charge >= 0.3 is 17.8 Å². The zero-order chi connectivity index (χ0) is 19.7. The van der Waals surface area contributed by atoms with E-state index in [2.05, 4.69) is 11.9 Å². The van der Waals surface area contributed by atoms with Crippen molar-refractivity contribution in [1.82, 2.24) is 15.1 Å². The monoisotopic (exact) mass is 369 g/mol. The summed E-state index contributed by atoms with van der Waals surface area (Å²) in [6.45, 7) is 9.44. The number of piperazine rings is 1. The Morgan fingerprint density at radius 1 is 1.08 bits per heavy atom.